The van der Waals surface area contributed by atoms with E-state index in [1.54, 1.807) is 0 Å². The van der Waals surface area contributed by atoms with Crippen LogP contribution in [0.1, 0.15) is 22.6 Å². The molecule has 0 aliphatic carbocycles. The molecule has 3 rings (SSSR count). The second kappa shape index (κ2) is 5.26. The molecular weight excluding hydrogens is 232 g/mol. The Labute approximate surface area is 113 Å². The summed E-state index contributed by atoms with van der Waals surface area (Å²) in [5.41, 5.74) is 4.08. The fraction of sp³-hybridized carbons (Fsp3) is 0.235. The summed E-state index contributed by atoms with van der Waals surface area (Å²) in [6, 6.07) is 21.4. The third-order valence-corrected chi connectivity index (χ3v) is 3.76. The second-order valence-corrected chi connectivity index (χ2v) is 4.99. The van der Waals surface area contributed by atoms with Crippen LogP contribution in [-0.2, 0) is 6.54 Å². The van der Waals surface area contributed by atoms with E-state index in [2.05, 4.69) is 59.5 Å². The van der Waals surface area contributed by atoms with Crippen molar-refractivity contribution in [1.29, 1.82) is 5.26 Å². The van der Waals surface area contributed by atoms with E-state index in [0.29, 0.717) is 12.5 Å². The van der Waals surface area contributed by atoms with E-state index in [-0.39, 0.29) is 0 Å². The van der Waals surface area contributed by atoms with Crippen molar-refractivity contribution >= 4 is 0 Å². The molecule has 94 valence electrons. The molecule has 2 aromatic carbocycles. The third-order valence-electron chi connectivity index (χ3n) is 3.76. The van der Waals surface area contributed by atoms with Crippen molar-refractivity contribution in [3.63, 3.8) is 0 Å². The van der Waals surface area contributed by atoms with E-state index in [4.69, 9.17) is 5.26 Å². The standard InChI is InChI=1S/C17H16N2/c18-10-11-19-12-15-8-4-5-9-16(15)17(13-19)14-6-2-1-3-7-14/h1-9,17H,11-13H2. The van der Waals surface area contributed by atoms with Crippen LogP contribution < -0.4 is 0 Å². The van der Waals surface area contributed by atoms with Crippen molar-refractivity contribution in [1.82, 2.24) is 4.90 Å². The summed E-state index contributed by atoms with van der Waals surface area (Å²) in [5.74, 6) is 0.375. The molecular formula is C17H16N2. The van der Waals surface area contributed by atoms with E-state index in [1.165, 1.54) is 16.7 Å². The highest BCUT2D eigenvalue weighted by atomic mass is 15.1. The van der Waals surface area contributed by atoms with E-state index in [1.807, 2.05) is 6.07 Å². The first-order chi connectivity index (χ1) is 9.38. The van der Waals surface area contributed by atoms with Gasteiger partial charge in [0.25, 0.3) is 0 Å². The zero-order chi connectivity index (χ0) is 13.1. The zero-order valence-corrected chi connectivity index (χ0v) is 10.8. The van der Waals surface area contributed by atoms with Gasteiger partial charge in [-0.1, -0.05) is 54.6 Å². The Morgan fingerprint density at radius 3 is 2.58 bits per heavy atom. The number of nitriles is 1. The van der Waals surface area contributed by atoms with Crippen LogP contribution in [0.2, 0.25) is 0 Å². The molecule has 2 nitrogen and oxygen atoms in total. The van der Waals surface area contributed by atoms with Gasteiger partial charge in [-0.15, -0.1) is 0 Å². The Bertz CT molecular complexity index is 598. The first kappa shape index (κ1) is 12.0. The van der Waals surface area contributed by atoms with E-state index < -0.39 is 0 Å². The lowest BCUT2D eigenvalue weighted by molar-refractivity contribution is 0.269. The summed E-state index contributed by atoms with van der Waals surface area (Å²) in [6.07, 6.45) is 0. The van der Waals surface area contributed by atoms with E-state index >= 15 is 0 Å². The van der Waals surface area contributed by atoms with Crippen molar-refractivity contribution in [2.24, 2.45) is 0 Å². The summed E-state index contributed by atoms with van der Waals surface area (Å²) in [4.78, 5) is 2.22. The van der Waals surface area contributed by atoms with Gasteiger partial charge in [-0.05, 0) is 16.7 Å². The van der Waals surface area contributed by atoms with Crippen LogP contribution in [0.5, 0.6) is 0 Å². The maximum Gasteiger partial charge on any atom is 0.0869 e. The number of hydrogen-bond acceptors (Lipinski definition) is 2. The number of nitrogens with zero attached hydrogens (tertiary/aromatic N) is 2. The Balaban J connectivity index is 2.01. The lowest BCUT2D eigenvalue weighted by Gasteiger charge is -2.33. The number of rotatable bonds is 2. The van der Waals surface area contributed by atoms with Crippen LogP contribution in [0, 0.1) is 11.3 Å². The van der Waals surface area contributed by atoms with Crippen LogP contribution in [0.3, 0.4) is 0 Å². The quantitative estimate of drug-likeness (QED) is 0.763. The Morgan fingerprint density at radius 1 is 1.05 bits per heavy atom. The minimum absolute atomic E-state index is 0.375. The number of hydrogen-bond donors (Lipinski definition) is 0. The highest BCUT2D eigenvalue weighted by Gasteiger charge is 2.25. The molecule has 0 spiro atoms. The molecule has 0 saturated heterocycles. The summed E-state index contributed by atoms with van der Waals surface area (Å²) >= 11 is 0. The molecule has 0 radical (unpaired) electrons. The maximum atomic E-state index is 8.93. The van der Waals surface area contributed by atoms with E-state index in [0.717, 1.165) is 13.1 Å². The van der Waals surface area contributed by atoms with Gasteiger partial charge in [-0.3, -0.25) is 4.90 Å². The van der Waals surface area contributed by atoms with Crippen molar-refractivity contribution in [2.75, 3.05) is 13.1 Å². The van der Waals surface area contributed by atoms with Crippen molar-refractivity contribution < 1.29 is 0 Å². The van der Waals surface area contributed by atoms with Gasteiger partial charge in [0.2, 0.25) is 0 Å². The molecule has 1 unspecified atom stereocenters. The largest absolute Gasteiger partial charge is 0.285 e. The van der Waals surface area contributed by atoms with Gasteiger partial charge in [0, 0.05) is 19.0 Å². The molecule has 1 heterocycles. The van der Waals surface area contributed by atoms with Gasteiger partial charge < -0.3 is 0 Å². The number of fused-ring (bicyclic) bond motifs is 1. The van der Waals surface area contributed by atoms with Crippen molar-refractivity contribution in [3.8, 4) is 6.07 Å². The zero-order valence-electron chi connectivity index (χ0n) is 10.8. The van der Waals surface area contributed by atoms with Gasteiger partial charge in [-0.2, -0.15) is 5.26 Å². The summed E-state index contributed by atoms with van der Waals surface area (Å²) in [5, 5.41) is 8.93. The smallest absolute Gasteiger partial charge is 0.0869 e. The minimum atomic E-state index is 0.375. The first-order valence-corrected chi connectivity index (χ1v) is 6.60. The Kier molecular flexibility index (Phi) is 3.31. The molecule has 0 N–H and O–H groups in total. The van der Waals surface area contributed by atoms with E-state index in [9.17, 15) is 0 Å². The normalized spacial score (nSPS) is 18.6. The van der Waals surface area contributed by atoms with Gasteiger partial charge in [0.1, 0.15) is 0 Å². The molecule has 19 heavy (non-hydrogen) atoms. The van der Waals surface area contributed by atoms with Crippen LogP contribution in [0.4, 0.5) is 0 Å². The molecule has 2 heteroatoms. The molecule has 0 aromatic heterocycles. The van der Waals surface area contributed by atoms with Crippen LogP contribution in [0.25, 0.3) is 0 Å². The first-order valence-electron chi connectivity index (χ1n) is 6.60. The molecule has 0 amide bonds. The van der Waals surface area contributed by atoms with Gasteiger partial charge >= 0.3 is 0 Å². The average Bonchev–Trinajstić information content (AvgIpc) is 2.48. The SMILES string of the molecule is N#CCN1Cc2ccccc2C(c2ccccc2)C1. The fourth-order valence-corrected chi connectivity index (χ4v) is 2.87. The van der Waals surface area contributed by atoms with Crippen LogP contribution in [0.15, 0.2) is 54.6 Å². The molecule has 1 aliphatic heterocycles. The molecule has 0 fully saturated rings. The number of benzene rings is 2. The highest BCUT2D eigenvalue weighted by molar-refractivity contribution is 5.40. The lowest BCUT2D eigenvalue weighted by atomic mass is 9.85. The Hall–Kier alpha value is -2.11. The second-order valence-electron chi connectivity index (χ2n) is 4.99. The lowest BCUT2D eigenvalue weighted by Crippen LogP contribution is -2.34. The fourth-order valence-electron chi connectivity index (χ4n) is 2.87. The van der Waals surface area contributed by atoms with Gasteiger partial charge in [0.05, 0.1) is 12.6 Å². The minimum Gasteiger partial charge on any atom is -0.285 e. The molecule has 0 saturated carbocycles. The topological polar surface area (TPSA) is 27.0 Å². The summed E-state index contributed by atoms with van der Waals surface area (Å²) in [6.45, 7) is 2.30. The van der Waals surface area contributed by atoms with Crippen LogP contribution in [-0.4, -0.2) is 18.0 Å². The Morgan fingerprint density at radius 2 is 1.79 bits per heavy atom. The summed E-state index contributed by atoms with van der Waals surface area (Å²) < 4.78 is 0. The van der Waals surface area contributed by atoms with Crippen LogP contribution >= 0.6 is 0 Å². The molecule has 2 aromatic rings. The third kappa shape index (κ3) is 2.38. The summed E-state index contributed by atoms with van der Waals surface area (Å²) in [7, 11) is 0. The molecule has 0 bridgehead atoms. The average molecular weight is 248 g/mol. The molecule has 1 atom stereocenters. The predicted molar refractivity (Wildman–Crippen MR) is 75.6 cm³/mol. The predicted octanol–water partition coefficient (Wildman–Crippen LogP) is 3.16. The highest BCUT2D eigenvalue weighted by Crippen LogP contribution is 2.32. The van der Waals surface area contributed by atoms with Crippen molar-refractivity contribution in [3.05, 3.63) is 71.3 Å². The molecule has 1 aliphatic rings. The maximum absolute atomic E-state index is 8.93. The van der Waals surface area contributed by atoms with Crippen molar-refractivity contribution in [2.45, 2.75) is 12.5 Å². The van der Waals surface area contributed by atoms with Gasteiger partial charge in [0.15, 0.2) is 0 Å². The van der Waals surface area contributed by atoms with Gasteiger partial charge in [-0.25, -0.2) is 0 Å². The monoisotopic (exact) mass is 248 g/mol.